The molecule has 0 heterocycles. The molecule has 0 unspecified atom stereocenters. The van der Waals surface area contributed by atoms with E-state index in [-0.39, 0.29) is 0 Å². The van der Waals surface area contributed by atoms with Gasteiger partial charge in [0, 0.05) is 0 Å². The van der Waals surface area contributed by atoms with Crippen molar-refractivity contribution in [1.82, 2.24) is 5.32 Å². The third-order valence-corrected chi connectivity index (χ3v) is 2.30. The van der Waals surface area contributed by atoms with E-state index < -0.39 is 18.1 Å². The van der Waals surface area contributed by atoms with Gasteiger partial charge in [0.1, 0.15) is 6.04 Å². The van der Waals surface area contributed by atoms with Crippen molar-refractivity contribution in [2.45, 2.75) is 19.4 Å². The molecule has 6 heteroatoms. The maximum atomic E-state index is 11.4. The van der Waals surface area contributed by atoms with Crippen LogP contribution in [-0.4, -0.2) is 43.8 Å². The van der Waals surface area contributed by atoms with Crippen LogP contribution in [0.15, 0.2) is 0 Å². The normalized spacial score (nSPS) is 11.7. The third kappa shape index (κ3) is 6.22. The van der Waals surface area contributed by atoms with Crippen molar-refractivity contribution in [3.63, 3.8) is 0 Å². The molecule has 0 spiro atoms. The van der Waals surface area contributed by atoms with E-state index in [4.69, 9.17) is 4.74 Å². The van der Waals surface area contributed by atoms with Gasteiger partial charge >= 0.3 is 12.1 Å². The molecule has 0 aliphatic carbocycles. The molecule has 1 amide bonds. The zero-order valence-electron chi connectivity index (χ0n) is 9.24. The number of amides is 1. The standard InChI is InChI=1S/C9H17NO4S/c1-4-14-8(11)7(5-6-15-3)10-9(12)13-2/h7H,4-6H2,1-3H3,(H,10,12)/t7-/m1/s1. The van der Waals surface area contributed by atoms with Gasteiger partial charge in [0.15, 0.2) is 0 Å². The highest BCUT2D eigenvalue weighted by Gasteiger charge is 2.21. The molecule has 0 aromatic rings. The van der Waals surface area contributed by atoms with Gasteiger partial charge in [-0.15, -0.1) is 0 Å². The summed E-state index contributed by atoms with van der Waals surface area (Å²) in [4.78, 5) is 22.3. The van der Waals surface area contributed by atoms with Crippen LogP contribution in [0.25, 0.3) is 0 Å². The second-order valence-electron chi connectivity index (χ2n) is 2.72. The minimum Gasteiger partial charge on any atom is -0.464 e. The number of esters is 1. The lowest BCUT2D eigenvalue weighted by Gasteiger charge is -2.15. The van der Waals surface area contributed by atoms with Gasteiger partial charge in [0.25, 0.3) is 0 Å². The summed E-state index contributed by atoms with van der Waals surface area (Å²) in [5.74, 6) is 0.352. The van der Waals surface area contributed by atoms with Crippen molar-refractivity contribution in [3.05, 3.63) is 0 Å². The first-order valence-electron chi connectivity index (χ1n) is 4.65. The van der Waals surface area contributed by atoms with Crippen LogP contribution in [0.4, 0.5) is 4.79 Å². The van der Waals surface area contributed by atoms with Crippen molar-refractivity contribution in [3.8, 4) is 0 Å². The number of thioether (sulfide) groups is 1. The van der Waals surface area contributed by atoms with Gasteiger partial charge in [-0.05, 0) is 25.4 Å². The van der Waals surface area contributed by atoms with E-state index in [0.29, 0.717) is 13.0 Å². The second-order valence-corrected chi connectivity index (χ2v) is 3.71. The molecule has 0 rings (SSSR count). The summed E-state index contributed by atoms with van der Waals surface area (Å²) in [6.45, 7) is 2.03. The first-order chi connectivity index (χ1) is 7.15. The smallest absolute Gasteiger partial charge is 0.407 e. The Bertz CT molecular complexity index is 210. The lowest BCUT2D eigenvalue weighted by atomic mass is 10.2. The van der Waals surface area contributed by atoms with E-state index in [1.807, 2.05) is 6.26 Å². The van der Waals surface area contributed by atoms with Crippen LogP contribution in [0, 0.1) is 0 Å². The molecule has 0 aliphatic rings. The first kappa shape index (κ1) is 14.1. The van der Waals surface area contributed by atoms with Crippen LogP contribution < -0.4 is 5.32 Å². The maximum Gasteiger partial charge on any atom is 0.407 e. The van der Waals surface area contributed by atoms with Crippen LogP contribution in [0.2, 0.25) is 0 Å². The number of carbonyl (C=O) groups is 2. The molecule has 0 radical (unpaired) electrons. The minimum absolute atomic E-state index is 0.303. The Morgan fingerprint density at radius 3 is 2.60 bits per heavy atom. The molecule has 0 bridgehead atoms. The molecule has 5 nitrogen and oxygen atoms in total. The molecule has 0 aromatic heterocycles. The summed E-state index contributed by atoms with van der Waals surface area (Å²) in [5, 5.41) is 2.44. The predicted octanol–water partition coefficient (Wildman–Crippen LogP) is 1.03. The fourth-order valence-corrected chi connectivity index (χ4v) is 1.40. The summed E-state index contributed by atoms with van der Waals surface area (Å²) in [6, 6.07) is -0.621. The number of ether oxygens (including phenoxy) is 2. The zero-order valence-corrected chi connectivity index (χ0v) is 10.1. The molecule has 0 saturated heterocycles. The number of carbonyl (C=O) groups excluding carboxylic acids is 2. The lowest BCUT2D eigenvalue weighted by Crippen LogP contribution is -2.42. The van der Waals surface area contributed by atoms with Crippen LogP contribution in [0.3, 0.4) is 0 Å². The van der Waals surface area contributed by atoms with Crippen LogP contribution in [0.1, 0.15) is 13.3 Å². The monoisotopic (exact) mass is 235 g/mol. The Balaban J connectivity index is 4.16. The molecular formula is C9H17NO4S. The van der Waals surface area contributed by atoms with Gasteiger partial charge in [-0.3, -0.25) is 0 Å². The summed E-state index contributed by atoms with van der Waals surface area (Å²) in [5.41, 5.74) is 0. The number of rotatable bonds is 6. The maximum absolute atomic E-state index is 11.4. The summed E-state index contributed by atoms with van der Waals surface area (Å²) in [6.07, 6.45) is 1.85. The van der Waals surface area contributed by atoms with Gasteiger partial charge in [0.05, 0.1) is 13.7 Å². The SMILES string of the molecule is CCOC(=O)[C@@H](CCSC)NC(=O)OC. The van der Waals surface area contributed by atoms with E-state index in [1.165, 1.54) is 7.11 Å². The average Bonchev–Trinajstić information content (AvgIpc) is 2.24. The Hall–Kier alpha value is -0.910. The minimum atomic E-state index is -0.621. The molecule has 0 aliphatic heterocycles. The lowest BCUT2D eigenvalue weighted by molar-refractivity contribution is -0.145. The number of alkyl carbamates (subject to hydrolysis) is 1. The number of hydrogen-bond donors (Lipinski definition) is 1. The van der Waals surface area contributed by atoms with Crippen LogP contribution in [-0.2, 0) is 14.3 Å². The molecule has 15 heavy (non-hydrogen) atoms. The van der Waals surface area contributed by atoms with Crippen molar-refractivity contribution in [2.75, 3.05) is 25.7 Å². The highest BCUT2D eigenvalue weighted by atomic mass is 32.2. The Labute approximate surface area is 93.9 Å². The van der Waals surface area contributed by atoms with Crippen molar-refractivity contribution in [2.24, 2.45) is 0 Å². The van der Waals surface area contributed by atoms with E-state index in [1.54, 1.807) is 18.7 Å². The highest BCUT2D eigenvalue weighted by molar-refractivity contribution is 7.98. The van der Waals surface area contributed by atoms with Crippen molar-refractivity contribution < 1.29 is 19.1 Å². The number of hydrogen-bond acceptors (Lipinski definition) is 5. The Kier molecular flexibility index (Phi) is 7.89. The van der Waals surface area contributed by atoms with Gasteiger partial charge in [-0.2, -0.15) is 11.8 Å². The number of methoxy groups -OCH3 is 1. The molecule has 1 N–H and O–H groups in total. The predicted molar refractivity (Wildman–Crippen MR) is 59.0 cm³/mol. The molecule has 1 atom stereocenters. The molecule has 88 valence electrons. The van der Waals surface area contributed by atoms with Crippen LogP contribution >= 0.6 is 11.8 Å². The summed E-state index contributed by atoms with van der Waals surface area (Å²) < 4.78 is 9.25. The first-order valence-corrected chi connectivity index (χ1v) is 6.05. The summed E-state index contributed by atoms with van der Waals surface area (Å²) in [7, 11) is 1.26. The zero-order chi connectivity index (χ0) is 11.7. The van der Waals surface area contributed by atoms with Crippen LogP contribution in [0.5, 0.6) is 0 Å². The van der Waals surface area contributed by atoms with Crippen molar-refractivity contribution in [1.29, 1.82) is 0 Å². The third-order valence-electron chi connectivity index (χ3n) is 1.66. The second kappa shape index (κ2) is 8.40. The Morgan fingerprint density at radius 2 is 2.13 bits per heavy atom. The molecule has 0 aromatic carbocycles. The Morgan fingerprint density at radius 1 is 1.47 bits per heavy atom. The molecular weight excluding hydrogens is 218 g/mol. The van der Waals surface area contributed by atoms with E-state index in [2.05, 4.69) is 10.1 Å². The quantitative estimate of drug-likeness (QED) is 0.696. The fraction of sp³-hybridized carbons (Fsp3) is 0.778. The van der Waals surface area contributed by atoms with Gasteiger partial charge in [0.2, 0.25) is 0 Å². The van der Waals surface area contributed by atoms with Gasteiger partial charge in [-0.1, -0.05) is 0 Å². The van der Waals surface area contributed by atoms with Gasteiger partial charge < -0.3 is 14.8 Å². The van der Waals surface area contributed by atoms with Gasteiger partial charge in [-0.25, -0.2) is 9.59 Å². The highest BCUT2D eigenvalue weighted by Crippen LogP contribution is 2.03. The molecule has 0 fully saturated rings. The molecule has 0 saturated carbocycles. The van der Waals surface area contributed by atoms with E-state index in [9.17, 15) is 9.59 Å². The van der Waals surface area contributed by atoms with Crippen molar-refractivity contribution >= 4 is 23.8 Å². The van der Waals surface area contributed by atoms with E-state index in [0.717, 1.165) is 5.75 Å². The fourth-order valence-electron chi connectivity index (χ4n) is 0.929. The average molecular weight is 235 g/mol. The number of nitrogens with one attached hydrogen (secondary N) is 1. The summed E-state index contributed by atoms with van der Waals surface area (Å²) >= 11 is 1.60. The largest absolute Gasteiger partial charge is 0.464 e. The topological polar surface area (TPSA) is 64.6 Å². The van der Waals surface area contributed by atoms with E-state index >= 15 is 0 Å².